The van der Waals surface area contributed by atoms with E-state index in [1.165, 1.54) is 0 Å². The van der Waals surface area contributed by atoms with Gasteiger partial charge in [-0.2, -0.15) is 0 Å². The second-order valence-electron chi connectivity index (χ2n) is 21.2. The smallest absolute Gasteiger partial charge is 0.456 e. The van der Waals surface area contributed by atoms with Crippen LogP contribution in [0.3, 0.4) is 0 Å². The van der Waals surface area contributed by atoms with Gasteiger partial charge in [0.2, 0.25) is 0 Å². The summed E-state index contributed by atoms with van der Waals surface area (Å²) in [6.07, 6.45) is 0. The molecule has 12 nitrogen and oxygen atoms in total. The largest absolute Gasteiger partial charge is 2.00 e. The van der Waals surface area contributed by atoms with Gasteiger partial charge in [0.15, 0.2) is 0 Å². The van der Waals surface area contributed by atoms with E-state index in [0.29, 0.717) is 134 Å². The summed E-state index contributed by atoms with van der Waals surface area (Å²) in [6, 6.07) is 73.5. The van der Waals surface area contributed by atoms with Gasteiger partial charge >= 0.3 is 19.5 Å². The first-order valence-corrected chi connectivity index (χ1v) is 27.6. The summed E-state index contributed by atoms with van der Waals surface area (Å²) in [5.41, 5.74) is 7.90. The summed E-state index contributed by atoms with van der Waals surface area (Å²) < 4.78 is 29.3. The van der Waals surface area contributed by atoms with Gasteiger partial charge in [-0.25, -0.2) is 9.97 Å². The molecule has 0 aliphatic carbocycles. The molecule has 15 aromatic rings. The molecule has 19 rings (SSSR count). The molecule has 12 aromatic carbocycles. The van der Waals surface area contributed by atoms with Crippen LogP contribution in [-0.4, -0.2) is 29.9 Å². The topological polar surface area (TPSA) is 158 Å². The maximum atomic E-state index is 7.33. The minimum absolute atomic E-state index is 0. The third kappa shape index (κ3) is 6.99. The molecule has 4 aliphatic rings. The van der Waals surface area contributed by atoms with E-state index in [-0.39, 0.29) is 19.5 Å². The van der Waals surface area contributed by atoms with Crippen LogP contribution in [0.4, 0.5) is 0 Å². The van der Waals surface area contributed by atoms with E-state index in [0.717, 1.165) is 64.6 Å². The minimum atomic E-state index is 0. The quantitative estimate of drug-likeness (QED) is 0.133. The van der Waals surface area contributed by atoms with Crippen molar-refractivity contribution in [2.24, 2.45) is 0 Å². The molecule has 0 atom stereocenters. The van der Waals surface area contributed by atoms with E-state index in [1.807, 2.05) is 97.1 Å². The van der Waals surface area contributed by atoms with Gasteiger partial charge in [-0.3, -0.25) is 0 Å². The van der Waals surface area contributed by atoms with Crippen molar-refractivity contribution in [3.63, 3.8) is 0 Å². The Morgan fingerprint density at radius 2 is 0.518 bits per heavy atom. The van der Waals surface area contributed by atoms with Crippen LogP contribution < -0.4 is 9.97 Å². The molecule has 85 heavy (non-hydrogen) atoms. The van der Waals surface area contributed by atoms with E-state index in [1.54, 1.807) is 0 Å². The fraction of sp³-hybridized carbons (Fsp3) is 0. The molecule has 0 amide bonds. The summed E-state index contributed by atoms with van der Waals surface area (Å²) in [7, 11) is 0. The molecule has 0 saturated heterocycles. The maximum absolute atomic E-state index is 7.33. The van der Waals surface area contributed by atoms with Crippen molar-refractivity contribution in [3.8, 4) is 22.8 Å². The van der Waals surface area contributed by atoms with Crippen LogP contribution in [0.2, 0.25) is 0 Å². The van der Waals surface area contributed by atoms with Gasteiger partial charge in [0.05, 0.1) is 34.1 Å². The molecule has 4 aliphatic heterocycles. The third-order valence-corrected chi connectivity index (χ3v) is 16.6. The zero-order chi connectivity index (χ0) is 54.7. The summed E-state index contributed by atoms with van der Waals surface area (Å²) in [4.78, 5) is 43.0. The molecule has 0 unspecified atom stereocenters. The molecule has 0 radical (unpaired) electrons. The molecule has 13 heteroatoms. The van der Waals surface area contributed by atoms with Crippen LogP contribution in [0.1, 0.15) is 0 Å². The van der Waals surface area contributed by atoms with E-state index in [9.17, 15) is 0 Å². The van der Waals surface area contributed by atoms with Crippen LogP contribution in [0.25, 0.3) is 198 Å². The Labute approximate surface area is 490 Å². The summed E-state index contributed by atoms with van der Waals surface area (Å²) in [5.74, 6) is 0.661. The van der Waals surface area contributed by atoms with Gasteiger partial charge in [-0.05, 0) is 102 Å². The third-order valence-electron chi connectivity index (χ3n) is 16.6. The molecular formula is C72H36N8O4Zn. The van der Waals surface area contributed by atoms with Gasteiger partial charge in [-0.1, -0.05) is 170 Å². The van der Waals surface area contributed by atoms with Crippen molar-refractivity contribution in [1.29, 1.82) is 0 Å². The second-order valence-corrected chi connectivity index (χ2v) is 21.2. The first kappa shape index (κ1) is 47.5. The van der Waals surface area contributed by atoms with E-state index < -0.39 is 0 Å². The van der Waals surface area contributed by atoms with Crippen LogP contribution in [-0.2, 0) is 19.5 Å². The standard InChI is InChI=1S/C72H36N8O4.Zn/c1-5-17-41-37(13-1)29-33-53-57(41)58-42-18-6-2-14-38(42)30-34-54(58)82-50-26-10-22-46-62(50)70-76-66(46)74-68-48-24-12-28-52-64(48)72(78-68)80-71-63-47(67(77-71)73-65-45-21-9-25-49(81-53)61(45)69(75-65)79-70)23-11-27-51(63)83-55-35-31-39-15-3-7-19-43(39)59(55)60-44-20-8-4-16-40(44)32-36-56(60)84-52;/h1-36H;/q-2;+2. The number of fused-ring (bicyclic) bond motifs is 22. The molecule has 0 spiro atoms. The SMILES string of the molecule is [Zn+2].c1ccc2c(c1)ccc1oc3cccc4c3-c3nc4nc4[n-]c5nc6nc(nc7[n-]c(n3)c3c(cccc73)oc3ccc7ccccc7c3c12)c1cccc(oc2ccc3ccccc3c2c2c(ccc3ccccc32)oc2cccc4c52)c1-6. The summed E-state index contributed by atoms with van der Waals surface area (Å²) >= 11 is 0. The van der Waals surface area contributed by atoms with Crippen LogP contribution in [0, 0.1) is 0 Å². The maximum Gasteiger partial charge on any atom is 2.00 e. The fourth-order valence-electron chi connectivity index (χ4n) is 12.9. The monoisotopic (exact) mass is 1140 g/mol. The Kier molecular flexibility index (Phi) is 10.0. The molecule has 7 heterocycles. The number of hydrogen-bond donors (Lipinski definition) is 0. The van der Waals surface area contributed by atoms with Crippen molar-refractivity contribution < 1.29 is 37.1 Å². The summed E-state index contributed by atoms with van der Waals surface area (Å²) in [6.45, 7) is 0. The molecule has 390 valence electrons. The minimum Gasteiger partial charge on any atom is -0.456 e. The first-order valence-electron chi connectivity index (χ1n) is 27.6. The Bertz CT molecular complexity index is 5910. The van der Waals surface area contributed by atoms with Gasteiger partial charge in [0.1, 0.15) is 44.7 Å². The van der Waals surface area contributed by atoms with Gasteiger partial charge in [-0.15, -0.1) is 0 Å². The van der Waals surface area contributed by atoms with E-state index in [4.69, 9.17) is 57.5 Å². The van der Waals surface area contributed by atoms with Crippen molar-refractivity contribution in [3.05, 3.63) is 218 Å². The van der Waals surface area contributed by atoms with Crippen LogP contribution in [0.5, 0.6) is 0 Å². The zero-order valence-corrected chi connectivity index (χ0v) is 47.7. The molecule has 3 aromatic heterocycles. The molecule has 0 saturated carbocycles. The second kappa shape index (κ2) is 17.9. The Balaban J connectivity index is 0.00000548. The van der Waals surface area contributed by atoms with Crippen LogP contribution in [0.15, 0.2) is 236 Å². The number of nitrogens with zero attached hydrogens (tertiary/aromatic N) is 8. The number of aromatic nitrogens is 8. The van der Waals surface area contributed by atoms with Crippen molar-refractivity contribution in [2.75, 3.05) is 0 Å². The van der Waals surface area contributed by atoms with Crippen molar-refractivity contribution >= 4 is 175 Å². The first-order chi connectivity index (χ1) is 41.6. The van der Waals surface area contributed by atoms with Crippen LogP contribution >= 0.6 is 0 Å². The number of hydrogen-bond acceptors (Lipinski definition) is 10. The Morgan fingerprint density at radius 3 is 0.882 bits per heavy atom. The Morgan fingerprint density at radius 1 is 0.224 bits per heavy atom. The zero-order valence-electron chi connectivity index (χ0n) is 44.7. The molecule has 0 fully saturated rings. The molecular weight excluding hydrogens is 1110 g/mol. The van der Waals surface area contributed by atoms with Gasteiger partial charge < -0.3 is 47.6 Å². The van der Waals surface area contributed by atoms with Gasteiger partial charge in [0, 0.05) is 65.7 Å². The van der Waals surface area contributed by atoms with Crippen molar-refractivity contribution in [2.45, 2.75) is 0 Å². The molecule has 0 N–H and O–H groups in total. The van der Waals surface area contributed by atoms with Gasteiger partial charge in [0.25, 0.3) is 0 Å². The Hall–Kier alpha value is -11.1. The molecule has 8 bridgehead atoms. The van der Waals surface area contributed by atoms with E-state index in [2.05, 4.69) is 121 Å². The fourth-order valence-corrected chi connectivity index (χ4v) is 12.9. The predicted octanol–water partition coefficient (Wildman–Crippen LogP) is 18.4. The number of rotatable bonds is 0. The van der Waals surface area contributed by atoms with E-state index >= 15 is 0 Å². The summed E-state index contributed by atoms with van der Waals surface area (Å²) in [5, 5.41) is 15.6. The number of benzene rings is 12. The van der Waals surface area contributed by atoms with Crippen molar-refractivity contribution in [1.82, 2.24) is 39.9 Å². The average Bonchev–Trinajstić information content (AvgIpc) is 4.18. The predicted molar refractivity (Wildman–Crippen MR) is 335 cm³/mol. The normalized spacial score (nSPS) is 12.1. The average molecular weight is 1140 g/mol.